The van der Waals surface area contributed by atoms with Crippen LogP contribution in [0.3, 0.4) is 0 Å². The number of hydrogen-bond donors (Lipinski definition) is 1. The van der Waals surface area contributed by atoms with Crippen LogP contribution in [0.1, 0.15) is 46.0 Å². The quantitative estimate of drug-likeness (QED) is 0.635. The van der Waals surface area contributed by atoms with Gasteiger partial charge in [0, 0.05) is 5.92 Å². The van der Waals surface area contributed by atoms with Crippen molar-refractivity contribution in [1.29, 1.82) is 0 Å². The highest BCUT2D eigenvalue weighted by atomic mass is 16.5. The molecular weight excluding hydrogens is 328 g/mol. The molecule has 1 heterocycles. The zero-order chi connectivity index (χ0) is 18.7. The summed E-state index contributed by atoms with van der Waals surface area (Å²) in [5, 5.41) is 9.43. The van der Waals surface area contributed by atoms with E-state index in [0.717, 1.165) is 16.7 Å². The van der Waals surface area contributed by atoms with Gasteiger partial charge in [-0.3, -0.25) is 0 Å². The number of carboxylic acid groups (broad SMARTS) is 1. The fourth-order valence-electron chi connectivity index (χ4n) is 3.24. The van der Waals surface area contributed by atoms with Crippen LogP contribution in [0.4, 0.5) is 0 Å². The van der Waals surface area contributed by atoms with Crippen molar-refractivity contribution in [3.05, 3.63) is 83.5 Å². The topological polar surface area (TPSA) is 63.6 Å². The van der Waals surface area contributed by atoms with Crippen LogP contribution < -0.4 is 0 Å². The van der Waals surface area contributed by atoms with Crippen molar-refractivity contribution in [2.75, 3.05) is 0 Å². The Bertz CT molecular complexity index is 894. The summed E-state index contributed by atoms with van der Waals surface area (Å²) in [6, 6.07) is 12.6. The average molecular weight is 348 g/mol. The number of rotatable bonds is 4. The van der Waals surface area contributed by atoms with Crippen LogP contribution in [0.5, 0.6) is 0 Å². The predicted molar refractivity (Wildman–Crippen MR) is 100 cm³/mol. The molecule has 0 aliphatic carbocycles. The molecule has 26 heavy (non-hydrogen) atoms. The molecule has 0 saturated carbocycles. The zero-order valence-electron chi connectivity index (χ0n) is 14.7. The zero-order valence-corrected chi connectivity index (χ0v) is 14.7. The van der Waals surface area contributed by atoms with Crippen molar-refractivity contribution in [2.45, 2.75) is 25.9 Å². The summed E-state index contributed by atoms with van der Waals surface area (Å²) in [6.07, 6.45) is 7.08. The number of carbonyl (C=O) groups excluding carboxylic acids is 1. The molecule has 0 aromatic heterocycles. The molecule has 2 atom stereocenters. The second-order valence-electron chi connectivity index (χ2n) is 6.23. The second-order valence-corrected chi connectivity index (χ2v) is 6.23. The van der Waals surface area contributed by atoms with E-state index >= 15 is 0 Å². The molecule has 0 spiro atoms. The maximum atomic E-state index is 12.6. The van der Waals surface area contributed by atoms with Gasteiger partial charge in [0.2, 0.25) is 0 Å². The van der Waals surface area contributed by atoms with Gasteiger partial charge in [-0.2, -0.15) is 0 Å². The Labute approximate surface area is 152 Å². The first-order valence-electron chi connectivity index (χ1n) is 8.50. The van der Waals surface area contributed by atoms with E-state index in [4.69, 9.17) is 4.74 Å². The molecule has 0 amide bonds. The number of carboxylic acids is 1. The standard InChI is InChI=1S/C22H20O4/c1-3-4-6-11-19-14(2)20-17(15-9-7-5-8-10-15)12-16(21(23)24)13-18(20)22(25)26-19/h3-14,19H,1-2H3,(H,23,24). The van der Waals surface area contributed by atoms with Crippen molar-refractivity contribution in [3.8, 4) is 11.1 Å². The van der Waals surface area contributed by atoms with E-state index in [1.807, 2.05) is 68.5 Å². The number of esters is 1. The molecule has 0 bridgehead atoms. The van der Waals surface area contributed by atoms with Gasteiger partial charge in [-0.05, 0) is 41.8 Å². The smallest absolute Gasteiger partial charge is 0.339 e. The first-order valence-corrected chi connectivity index (χ1v) is 8.50. The Morgan fingerprint density at radius 1 is 1.12 bits per heavy atom. The Morgan fingerprint density at radius 3 is 2.46 bits per heavy atom. The molecule has 1 aliphatic rings. The van der Waals surface area contributed by atoms with E-state index < -0.39 is 18.0 Å². The monoisotopic (exact) mass is 348 g/mol. The van der Waals surface area contributed by atoms with Crippen LogP contribution in [0.2, 0.25) is 0 Å². The highest BCUT2D eigenvalue weighted by Gasteiger charge is 2.34. The minimum atomic E-state index is -1.07. The molecule has 0 radical (unpaired) electrons. The van der Waals surface area contributed by atoms with Crippen LogP contribution in [-0.2, 0) is 4.74 Å². The van der Waals surface area contributed by atoms with Crippen molar-refractivity contribution < 1.29 is 19.4 Å². The number of allylic oxidation sites excluding steroid dienone is 3. The Balaban J connectivity index is 2.20. The molecule has 2 aromatic carbocycles. The summed E-state index contributed by atoms with van der Waals surface area (Å²) >= 11 is 0. The van der Waals surface area contributed by atoms with Crippen LogP contribution in [0.25, 0.3) is 11.1 Å². The summed E-state index contributed by atoms with van der Waals surface area (Å²) in [5.41, 5.74) is 2.87. The molecule has 3 rings (SSSR count). The maximum Gasteiger partial charge on any atom is 0.339 e. The number of ether oxygens (including phenoxy) is 1. The molecule has 0 saturated heterocycles. The summed E-state index contributed by atoms with van der Waals surface area (Å²) < 4.78 is 5.54. The average Bonchev–Trinajstić information content (AvgIpc) is 2.65. The fraction of sp³-hybridized carbons (Fsp3) is 0.182. The highest BCUT2D eigenvalue weighted by Crippen LogP contribution is 2.39. The lowest BCUT2D eigenvalue weighted by molar-refractivity contribution is 0.0307. The number of cyclic esters (lactones) is 1. The molecule has 1 N–H and O–H groups in total. The molecule has 2 aromatic rings. The fourth-order valence-corrected chi connectivity index (χ4v) is 3.24. The van der Waals surface area contributed by atoms with Crippen LogP contribution in [0, 0.1) is 0 Å². The number of benzene rings is 2. The molecular formula is C22H20O4. The lowest BCUT2D eigenvalue weighted by Crippen LogP contribution is -2.30. The molecule has 0 fully saturated rings. The highest BCUT2D eigenvalue weighted by molar-refractivity contribution is 6.00. The number of hydrogen-bond acceptors (Lipinski definition) is 3. The first kappa shape index (κ1) is 17.7. The minimum Gasteiger partial charge on any atom is -0.478 e. The molecule has 2 unspecified atom stereocenters. The third-order valence-corrected chi connectivity index (χ3v) is 4.53. The lowest BCUT2D eigenvalue weighted by atomic mass is 9.81. The largest absolute Gasteiger partial charge is 0.478 e. The van der Waals surface area contributed by atoms with Gasteiger partial charge in [0.25, 0.3) is 0 Å². The molecule has 4 nitrogen and oxygen atoms in total. The van der Waals surface area contributed by atoms with Crippen molar-refractivity contribution in [3.63, 3.8) is 0 Å². The van der Waals surface area contributed by atoms with Crippen LogP contribution in [-0.4, -0.2) is 23.1 Å². The Hall–Kier alpha value is -3.14. The van der Waals surface area contributed by atoms with Gasteiger partial charge in [0.1, 0.15) is 6.10 Å². The maximum absolute atomic E-state index is 12.6. The van der Waals surface area contributed by atoms with Crippen LogP contribution >= 0.6 is 0 Å². The van der Waals surface area contributed by atoms with E-state index in [9.17, 15) is 14.7 Å². The third-order valence-electron chi connectivity index (χ3n) is 4.53. The van der Waals surface area contributed by atoms with Crippen LogP contribution in [0.15, 0.2) is 66.8 Å². The van der Waals surface area contributed by atoms with Gasteiger partial charge in [-0.25, -0.2) is 9.59 Å². The second kappa shape index (κ2) is 7.40. The van der Waals surface area contributed by atoms with Crippen molar-refractivity contribution in [1.82, 2.24) is 0 Å². The first-order chi connectivity index (χ1) is 12.5. The van der Waals surface area contributed by atoms with Gasteiger partial charge < -0.3 is 9.84 Å². The van der Waals surface area contributed by atoms with E-state index in [2.05, 4.69) is 0 Å². The lowest BCUT2D eigenvalue weighted by Gasteiger charge is -2.31. The number of carbonyl (C=O) groups is 2. The molecule has 132 valence electrons. The number of aromatic carboxylic acids is 1. The van der Waals surface area contributed by atoms with Crippen molar-refractivity contribution >= 4 is 11.9 Å². The van der Waals surface area contributed by atoms with E-state index in [1.165, 1.54) is 6.07 Å². The van der Waals surface area contributed by atoms with E-state index in [-0.39, 0.29) is 11.5 Å². The van der Waals surface area contributed by atoms with Gasteiger partial charge in [0.15, 0.2) is 0 Å². The SMILES string of the molecule is CC=CC=CC1OC(=O)c2cc(C(=O)O)cc(-c3ccccc3)c2C1C. The number of fused-ring (bicyclic) bond motifs is 1. The van der Waals surface area contributed by atoms with Gasteiger partial charge in [-0.15, -0.1) is 0 Å². The molecule has 1 aliphatic heterocycles. The van der Waals surface area contributed by atoms with Crippen molar-refractivity contribution in [2.24, 2.45) is 0 Å². The predicted octanol–water partition coefficient (Wildman–Crippen LogP) is 4.83. The van der Waals surface area contributed by atoms with E-state index in [0.29, 0.717) is 5.56 Å². The third kappa shape index (κ3) is 3.31. The summed E-state index contributed by atoms with van der Waals surface area (Å²) in [5.74, 6) is -1.66. The Kier molecular flexibility index (Phi) is 5.03. The Morgan fingerprint density at radius 2 is 1.81 bits per heavy atom. The normalized spacial score (nSPS) is 19.5. The summed E-state index contributed by atoms with van der Waals surface area (Å²) in [4.78, 5) is 24.1. The molecule has 4 heteroatoms. The van der Waals surface area contributed by atoms with Gasteiger partial charge in [0.05, 0.1) is 11.1 Å². The van der Waals surface area contributed by atoms with Gasteiger partial charge in [-0.1, -0.05) is 55.5 Å². The summed E-state index contributed by atoms with van der Waals surface area (Å²) in [6.45, 7) is 3.90. The van der Waals surface area contributed by atoms with Gasteiger partial charge >= 0.3 is 11.9 Å². The van der Waals surface area contributed by atoms with E-state index in [1.54, 1.807) is 6.07 Å². The summed E-state index contributed by atoms with van der Waals surface area (Å²) in [7, 11) is 0. The minimum absolute atomic E-state index is 0.0784.